The lowest BCUT2D eigenvalue weighted by atomic mass is 10.2. The second-order valence-corrected chi connectivity index (χ2v) is 3.97. The highest BCUT2D eigenvalue weighted by molar-refractivity contribution is 5.73. The van der Waals surface area contributed by atoms with Crippen molar-refractivity contribution in [3.63, 3.8) is 0 Å². The van der Waals surface area contributed by atoms with Gasteiger partial charge in [-0.1, -0.05) is 18.2 Å². The molecular weight excluding hydrogens is 223 g/mol. The van der Waals surface area contributed by atoms with Crippen LogP contribution in [0.5, 0.6) is 0 Å². The van der Waals surface area contributed by atoms with Gasteiger partial charge in [-0.05, 0) is 20.2 Å². The topological polar surface area (TPSA) is 52.6 Å². The number of benzene rings is 1. The summed E-state index contributed by atoms with van der Waals surface area (Å²) in [6.07, 6.45) is 0. The van der Waals surface area contributed by atoms with E-state index in [0.29, 0.717) is 18.7 Å². The molecule has 1 atom stereocenters. The quantitative estimate of drug-likeness (QED) is 0.776. The van der Waals surface area contributed by atoms with E-state index in [4.69, 9.17) is 5.11 Å². The zero-order chi connectivity index (χ0) is 12.8. The van der Waals surface area contributed by atoms with Crippen molar-refractivity contribution in [2.45, 2.75) is 12.6 Å². The van der Waals surface area contributed by atoms with Crippen LogP contribution in [-0.4, -0.2) is 42.7 Å². The molecule has 0 aliphatic carbocycles. The Morgan fingerprint density at radius 3 is 2.71 bits per heavy atom. The smallest absolute Gasteiger partial charge is 0.322 e. The Morgan fingerprint density at radius 1 is 1.53 bits per heavy atom. The van der Waals surface area contributed by atoms with E-state index in [9.17, 15) is 9.18 Å². The van der Waals surface area contributed by atoms with Crippen LogP contribution >= 0.6 is 0 Å². The lowest BCUT2D eigenvalue weighted by Crippen LogP contribution is -2.43. The molecule has 17 heavy (non-hydrogen) atoms. The van der Waals surface area contributed by atoms with Crippen LogP contribution in [0.4, 0.5) is 4.39 Å². The monoisotopic (exact) mass is 240 g/mol. The fourth-order valence-electron chi connectivity index (χ4n) is 1.59. The van der Waals surface area contributed by atoms with E-state index >= 15 is 0 Å². The SMILES string of the molecule is CNC(CN(C)Cc1ccccc1F)C(=O)O. The van der Waals surface area contributed by atoms with Gasteiger partial charge in [0, 0.05) is 18.7 Å². The van der Waals surface area contributed by atoms with Crippen molar-refractivity contribution in [3.8, 4) is 0 Å². The molecule has 0 aliphatic heterocycles. The molecule has 0 saturated heterocycles. The van der Waals surface area contributed by atoms with Gasteiger partial charge in [0.05, 0.1) is 0 Å². The van der Waals surface area contributed by atoms with Gasteiger partial charge in [-0.2, -0.15) is 0 Å². The molecule has 1 aromatic rings. The zero-order valence-corrected chi connectivity index (χ0v) is 9.98. The summed E-state index contributed by atoms with van der Waals surface area (Å²) in [7, 11) is 3.36. The molecular formula is C12H17FN2O2. The third-order valence-electron chi connectivity index (χ3n) is 2.54. The number of nitrogens with zero attached hydrogens (tertiary/aromatic N) is 1. The second kappa shape index (κ2) is 6.32. The van der Waals surface area contributed by atoms with Crippen LogP contribution in [0.15, 0.2) is 24.3 Å². The van der Waals surface area contributed by atoms with Gasteiger partial charge in [-0.3, -0.25) is 9.69 Å². The Morgan fingerprint density at radius 2 is 2.18 bits per heavy atom. The summed E-state index contributed by atoms with van der Waals surface area (Å²) in [5.41, 5.74) is 0.565. The molecule has 0 radical (unpaired) electrons. The maximum absolute atomic E-state index is 13.4. The standard InChI is InChI=1S/C12H17FN2O2/c1-14-11(12(16)17)8-15(2)7-9-5-3-4-6-10(9)13/h3-6,11,14H,7-8H2,1-2H3,(H,16,17). The van der Waals surface area contributed by atoms with Crippen LogP contribution in [0.2, 0.25) is 0 Å². The lowest BCUT2D eigenvalue weighted by Gasteiger charge is -2.21. The van der Waals surface area contributed by atoms with Crippen LogP contribution in [0.1, 0.15) is 5.56 Å². The summed E-state index contributed by atoms with van der Waals surface area (Å²) in [6, 6.07) is 5.84. The number of rotatable bonds is 6. The molecule has 1 rings (SSSR count). The minimum absolute atomic E-state index is 0.268. The molecule has 0 fully saturated rings. The molecule has 0 amide bonds. The molecule has 1 unspecified atom stereocenters. The van der Waals surface area contributed by atoms with Crippen molar-refractivity contribution in [1.82, 2.24) is 10.2 Å². The summed E-state index contributed by atoms with van der Waals surface area (Å²) < 4.78 is 13.4. The van der Waals surface area contributed by atoms with E-state index in [0.717, 1.165) is 0 Å². The summed E-state index contributed by atoms with van der Waals surface area (Å²) in [5, 5.41) is 11.6. The fourth-order valence-corrected chi connectivity index (χ4v) is 1.59. The summed E-state index contributed by atoms with van der Waals surface area (Å²) in [5.74, 6) is -1.18. The van der Waals surface area contributed by atoms with Crippen molar-refractivity contribution in [2.75, 3.05) is 20.6 Å². The summed E-state index contributed by atoms with van der Waals surface area (Å²) >= 11 is 0. The molecule has 5 heteroatoms. The number of carboxylic acids is 1. The number of carboxylic acid groups (broad SMARTS) is 1. The number of nitrogens with one attached hydrogen (secondary N) is 1. The van der Waals surface area contributed by atoms with Gasteiger partial charge in [0.2, 0.25) is 0 Å². The van der Waals surface area contributed by atoms with Crippen molar-refractivity contribution in [3.05, 3.63) is 35.6 Å². The van der Waals surface area contributed by atoms with E-state index in [1.54, 1.807) is 37.2 Å². The first-order chi connectivity index (χ1) is 8.04. The first-order valence-corrected chi connectivity index (χ1v) is 5.36. The van der Waals surface area contributed by atoms with Crippen LogP contribution in [0.3, 0.4) is 0 Å². The van der Waals surface area contributed by atoms with Crippen LogP contribution < -0.4 is 5.32 Å². The number of carbonyl (C=O) groups is 1. The molecule has 0 bridgehead atoms. The Kier molecular flexibility index (Phi) is 5.06. The summed E-state index contributed by atoms with van der Waals surface area (Å²) in [4.78, 5) is 12.6. The number of likely N-dealkylation sites (N-methyl/N-ethyl adjacent to an activating group) is 2. The second-order valence-electron chi connectivity index (χ2n) is 3.97. The van der Waals surface area contributed by atoms with E-state index in [2.05, 4.69) is 5.32 Å². The number of hydrogen-bond donors (Lipinski definition) is 2. The molecule has 4 nitrogen and oxygen atoms in total. The van der Waals surface area contributed by atoms with E-state index < -0.39 is 12.0 Å². The number of halogens is 1. The Hall–Kier alpha value is -1.46. The van der Waals surface area contributed by atoms with Crippen molar-refractivity contribution in [1.29, 1.82) is 0 Å². The van der Waals surface area contributed by atoms with Crippen LogP contribution in [0, 0.1) is 5.82 Å². The minimum atomic E-state index is -0.909. The molecule has 0 spiro atoms. The van der Waals surface area contributed by atoms with Gasteiger partial charge in [0.15, 0.2) is 0 Å². The van der Waals surface area contributed by atoms with Gasteiger partial charge in [0.1, 0.15) is 11.9 Å². The lowest BCUT2D eigenvalue weighted by molar-refractivity contribution is -0.139. The zero-order valence-electron chi connectivity index (χ0n) is 9.98. The third kappa shape index (κ3) is 4.13. The Labute approximate surface area is 100 Å². The fraction of sp³-hybridized carbons (Fsp3) is 0.417. The average molecular weight is 240 g/mol. The van der Waals surface area contributed by atoms with Crippen molar-refractivity contribution >= 4 is 5.97 Å². The first kappa shape index (κ1) is 13.6. The van der Waals surface area contributed by atoms with Crippen molar-refractivity contribution in [2.24, 2.45) is 0 Å². The number of hydrogen-bond acceptors (Lipinski definition) is 3. The van der Waals surface area contributed by atoms with Crippen LogP contribution in [0.25, 0.3) is 0 Å². The predicted molar refractivity (Wildman–Crippen MR) is 63.2 cm³/mol. The van der Waals surface area contributed by atoms with Gasteiger partial charge in [-0.15, -0.1) is 0 Å². The van der Waals surface area contributed by atoms with Crippen LogP contribution in [-0.2, 0) is 11.3 Å². The maximum atomic E-state index is 13.4. The molecule has 94 valence electrons. The minimum Gasteiger partial charge on any atom is -0.480 e. The molecule has 0 aliphatic rings. The predicted octanol–water partition coefficient (Wildman–Crippen LogP) is 0.930. The van der Waals surface area contributed by atoms with E-state index in [-0.39, 0.29) is 5.82 Å². The Bertz CT molecular complexity index is 385. The highest BCUT2D eigenvalue weighted by Gasteiger charge is 2.17. The van der Waals surface area contributed by atoms with Gasteiger partial charge < -0.3 is 10.4 Å². The van der Waals surface area contributed by atoms with E-state index in [1.165, 1.54) is 6.07 Å². The van der Waals surface area contributed by atoms with Gasteiger partial charge in [0.25, 0.3) is 0 Å². The molecule has 1 aromatic carbocycles. The molecule has 0 heterocycles. The highest BCUT2D eigenvalue weighted by atomic mass is 19.1. The summed E-state index contributed by atoms with van der Waals surface area (Å²) in [6.45, 7) is 0.707. The number of aliphatic carboxylic acids is 1. The molecule has 0 aromatic heterocycles. The maximum Gasteiger partial charge on any atom is 0.322 e. The first-order valence-electron chi connectivity index (χ1n) is 5.36. The normalized spacial score (nSPS) is 12.7. The Balaban J connectivity index is 2.58. The third-order valence-corrected chi connectivity index (χ3v) is 2.54. The molecule has 2 N–H and O–H groups in total. The largest absolute Gasteiger partial charge is 0.480 e. The van der Waals surface area contributed by atoms with E-state index in [1.807, 2.05) is 0 Å². The average Bonchev–Trinajstić information content (AvgIpc) is 2.28. The highest BCUT2D eigenvalue weighted by Crippen LogP contribution is 2.08. The van der Waals surface area contributed by atoms with Crippen molar-refractivity contribution < 1.29 is 14.3 Å². The van der Waals surface area contributed by atoms with Gasteiger partial charge >= 0.3 is 5.97 Å². The molecule has 0 saturated carbocycles. The van der Waals surface area contributed by atoms with Gasteiger partial charge in [-0.25, -0.2) is 4.39 Å².